The molecule has 162 valence electrons. The average Bonchev–Trinajstić information content (AvgIpc) is 2.84. The third kappa shape index (κ3) is 5.83. The third-order valence-electron chi connectivity index (χ3n) is 6.67. The maximum absolute atomic E-state index is 13.9. The molecule has 3 aromatic carbocycles. The first-order chi connectivity index (χ1) is 15.2. The van der Waals surface area contributed by atoms with Gasteiger partial charge in [0.2, 0.25) is 0 Å². The number of hydrogen-bond donors (Lipinski definition) is 0. The van der Waals surface area contributed by atoms with Crippen LogP contribution in [-0.2, 0) is 0 Å². The monoisotopic (exact) mass is 428 g/mol. The highest BCUT2D eigenvalue weighted by Gasteiger charge is 2.43. The minimum atomic E-state index is -2.30. The number of carbonyl (C=O) groups excluding carboxylic acids is 1. The van der Waals surface area contributed by atoms with E-state index < -0.39 is 8.07 Å². The number of ketones is 1. The second-order valence-corrected chi connectivity index (χ2v) is 13.0. The molecule has 0 amide bonds. The Morgan fingerprint density at radius 3 is 1.65 bits per heavy atom. The first-order valence-electron chi connectivity index (χ1n) is 11.9. The van der Waals surface area contributed by atoms with Gasteiger partial charge in [-0.05, 0) is 6.42 Å². The zero-order chi connectivity index (χ0) is 21.9. The third-order valence-corrected chi connectivity index (χ3v) is 11.7. The van der Waals surface area contributed by atoms with Gasteiger partial charge < -0.3 is 0 Å². The summed E-state index contributed by atoms with van der Waals surface area (Å²) in [5.74, 6) is 0.316. The highest BCUT2D eigenvalue weighted by atomic mass is 28.3. The Kier molecular flexibility index (Phi) is 8.84. The number of unbranched alkanes of at least 4 members (excludes halogenated alkanes) is 5. The molecule has 3 aromatic rings. The first kappa shape index (κ1) is 23.2. The Morgan fingerprint density at radius 2 is 1.13 bits per heavy atom. The molecule has 31 heavy (non-hydrogen) atoms. The van der Waals surface area contributed by atoms with Gasteiger partial charge in [0.25, 0.3) is 0 Å². The van der Waals surface area contributed by atoms with Gasteiger partial charge in [-0.15, -0.1) is 0 Å². The molecule has 0 heterocycles. The topological polar surface area (TPSA) is 17.1 Å². The zero-order valence-electron chi connectivity index (χ0n) is 19.1. The maximum atomic E-state index is 13.9. The molecule has 0 aliphatic carbocycles. The smallest absolute Gasteiger partial charge is 0.163 e. The molecule has 0 saturated carbocycles. The van der Waals surface area contributed by atoms with E-state index in [9.17, 15) is 4.79 Å². The normalized spacial score (nSPS) is 12.5. The maximum Gasteiger partial charge on any atom is 0.163 e. The van der Waals surface area contributed by atoms with Crippen LogP contribution in [0.4, 0.5) is 0 Å². The van der Waals surface area contributed by atoms with E-state index in [1.807, 2.05) is 30.3 Å². The van der Waals surface area contributed by atoms with E-state index in [1.165, 1.54) is 42.5 Å². The number of carbonyl (C=O) groups is 1. The Hall–Kier alpha value is -2.45. The molecule has 1 nitrogen and oxygen atoms in total. The second-order valence-electron chi connectivity index (χ2n) is 8.77. The SMILES string of the molecule is CCCCCCCCC(C(=O)c1ccccc1)[Si](C)(c1ccccc1)c1ccccc1. The van der Waals surface area contributed by atoms with Crippen molar-refractivity contribution in [1.29, 1.82) is 0 Å². The summed E-state index contributed by atoms with van der Waals surface area (Å²) >= 11 is 0. The van der Waals surface area contributed by atoms with Gasteiger partial charge >= 0.3 is 0 Å². The summed E-state index contributed by atoms with van der Waals surface area (Å²) in [6.45, 7) is 4.66. The van der Waals surface area contributed by atoms with E-state index in [0.717, 1.165) is 18.4 Å². The number of rotatable bonds is 12. The van der Waals surface area contributed by atoms with Crippen LogP contribution >= 0.6 is 0 Å². The summed E-state index contributed by atoms with van der Waals surface area (Å²) in [5, 5.41) is 2.70. The summed E-state index contributed by atoms with van der Waals surface area (Å²) in [7, 11) is -2.30. The quantitative estimate of drug-likeness (QED) is 0.174. The van der Waals surface area contributed by atoms with Crippen molar-refractivity contribution < 1.29 is 4.79 Å². The predicted molar refractivity (Wildman–Crippen MR) is 136 cm³/mol. The highest BCUT2D eigenvalue weighted by molar-refractivity contribution is 7.04. The van der Waals surface area contributed by atoms with Gasteiger partial charge in [0, 0.05) is 11.1 Å². The van der Waals surface area contributed by atoms with E-state index >= 15 is 0 Å². The molecule has 0 radical (unpaired) electrons. The van der Waals surface area contributed by atoms with Crippen LogP contribution in [0.15, 0.2) is 91.0 Å². The van der Waals surface area contributed by atoms with Crippen molar-refractivity contribution >= 4 is 24.2 Å². The Labute approximate surface area is 189 Å². The summed E-state index contributed by atoms with van der Waals surface area (Å²) in [4.78, 5) is 13.9. The standard InChI is InChI=1S/C29H36OSi/c1-3-4-5-6-7-17-24-28(29(30)25-18-11-8-12-19-25)31(2,26-20-13-9-14-21-26)27-22-15-10-16-23-27/h8-16,18-23,28H,3-7,17,24H2,1-2H3. The fraction of sp³-hybridized carbons (Fsp3) is 0.345. The number of hydrogen-bond acceptors (Lipinski definition) is 1. The molecule has 0 aliphatic heterocycles. The number of benzene rings is 3. The van der Waals surface area contributed by atoms with Gasteiger partial charge in [0.05, 0.1) is 0 Å². The molecular formula is C29H36OSi. The largest absolute Gasteiger partial charge is 0.294 e. The average molecular weight is 429 g/mol. The van der Waals surface area contributed by atoms with E-state index in [1.54, 1.807) is 0 Å². The summed E-state index contributed by atoms with van der Waals surface area (Å²) in [6.07, 6.45) is 8.46. The van der Waals surface area contributed by atoms with Crippen LogP contribution in [-0.4, -0.2) is 13.9 Å². The van der Waals surface area contributed by atoms with Gasteiger partial charge in [-0.3, -0.25) is 4.79 Å². The fourth-order valence-electron chi connectivity index (χ4n) is 4.75. The predicted octanol–water partition coefficient (Wildman–Crippen LogP) is 6.88. The van der Waals surface area contributed by atoms with Gasteiger partial charge in [0.1, 0.15) is 8.07 Å². The Bertz CT molecular complexity index is 866. The number of Topliss-reactive ketones (excluding diaryl/α,β-unsaturated/α-hetero) is 1. The second kappa shape index (κ2) is 11.8. The lowest BCUT2D eigenvalue weighted by Gasteiger charge is -2.36. The lowest BCUT2D eigenvalue weighted by atomic mass is 10.0. The van der Waals surface area contributed by atoms with Crippen molar-refractivity contribution in [2.45, 2.75) is 64.0 Å². The van der Waals surface area contributed by atoms with Gasteiger partial charge in [-0.2, -0.15) is 0 Å². The molecule has 0 aliphatic rings. The van der Waals surface area contributed by atoms with E-state index in [2.05, 4.69) is 74.1 Å². The van der Waals surface area contributed by atoms with E-state index in [0.29, 0.717) is 5.78 Å². The Balaban J connectivity index is 1.98. The molecular weight excluding hydrogens is 392 g/mol. The zero-order valence-corrected chi connectivity index (χ0v) is 20.1. The fourth-order valence-corrected chi connectivity index (χ4v) is 9.13. The molecule has 1 atom stereocenters. The van der Waals surface area contributed by atoms with Crippen LogP contribution in [0.25, 0.3) is 0 Å². The van der Waals surface area contributed by atoms with E-state index in [4.69, 9.17) is 0 Å². The molecule has 0 aromatic heterocycles. The van der Waals surface area contributed by atoms with Crippen LogP contribution < -0.4 is 10.4 Å². The van der Waals surface area contributed by atoms with Gasteiger partial charge in [-0.1, -0.05) is 153 Å². The van der Waals surface area contributed by atoms with Crippen LogP contribution in [0.5, 0.6) is 0 Å². The van der Waals surface area contributed by atoms with Crippen molar-refractivity contribution in [3.05, 3.63) is 96.6 Å². The van der Waals surface area contributed by atoms with Crippen LogP contribution in [0.3, 0.4) is 0 Å². The Morgan fingerprint density at radius 1 is 0.677 bits per heavy atom. The van der Waals surface area contributed by atoms with Gasteiger partial charge in [-0.25, -0.2) is 0 Å². The molecule has 3 rings (SSSR count). The van der Waals surface area contributed by atoms with Crippen molar-refractivity contribution in [3.63, 3.8) is 0 Å². The summed E-state index contributed by atoms with van der Waals surface area (Å²) < 4.78 is 0. The molecule has 0 fully saturated rings. The van der Waals surface area contributed by atoms with Gasteiger partial charge in [0.15, 0.2) is 5.78 Å². The minimum Gasteiger partial charge on any atom is -0.294 e. The molecule has 1 unspecified atom stereocenters. The summed E-state index contributed by atoms with van der Waals surface area (Å²) in [5.41, 5.74) is 0.884. The molecule has 0 spiro atoms. The van der Waals surface area contributed by atoms with E-state index in [-0.39, 0.29) is 5.54 Å². The highest BCUT2D eigenvalue weighted by Crippen LogP contribution is 2.32. The van der Waals surface area contributed by atoms with Crippen molar-refractivity contribution in [2.24, 2.45) is 0 Å². The first-order valence-corrected chi connectivity index (χ1v) is 14.5. The van der Waals surface area contributed by atoms with Crippen molar-refractivity contribution in [3.8, 4) is 0 Å². The van der Waals surface area contributed by atoms with Crippen LogP contribution in [0.2, 0.25) is 12.1 Å². The van der Waals surface area contributed by atoms with Crippen molar-refractivity contribution in [1.82, 2.24) is 0 Å². The lowest BCUT2D eigenvalue weighted by molar-refractivity contribution is 0.0977. The van der Waals surface area contributed by atoms with Crippen LogP contribution in [0, 0.1) is 0 Å². The molecule has 0 saturated heterocycles. The van der Waals surface area contributed by atoms with Crippen molar-refractivity contribution in [2.75, 3.05) is 0 Å². The lowest BCUT2D eigenvalue weighted by Crippen LogP contribution is -2.60. The minimum absolute atomic E-state index is 0.0332. The molecule has 0 bridgehead atoms. The molecule has 2 heteroatoms. The molecule has 0 N–H and O–H groups in total. The summed E-state index contributed by atoms with van der Waals surface area (Å²) in [6, 6.07) is 31.5. The van der Waals surface area contributed by atoms with Crippen LogP contribution in [0.1, 0.15) is 62.2 Å².